The summed E-state index contributed by atoms with van der Waals surface area (Å²) in [5.41, 5.74) is -1.62. The van der Waals surface area contributed by atoms with Crippen LogP contribution in [0.15, 0.2) is 27.2 Å². The van der Waals surface area contributed by atoms with E-state index >= 15 is 0 Å². The molecule has 0 aliphatic heterocycles. The molecule has 0 saturated carbocycles. The third kappa shape index (κ3) is 2.64. The highest BCUT2D eigenvalue weighted by atomic mass is 32.2. The molecular formula is C10H4F3N3O3S. The number of nitrogens with zero attached hydrogens (tertiary/aromatic N) is 2. The number of carboxylic acid groups (broad SMARTS) is 1. The van der Waals surface area contributed by atoms with Crippen LogP contribution in [0.25, 0.3) is 0 Å². The minimum absolute atomic E-state index is 0.289. The van der Waals surface area contributed by atoms with Gasteiger partial charge in [-0.15, -0.1) is 0 Å². The fraction of sp³-hybridized carbons (Fsp3) is 0. The summed E-state index contributed by atoms with van der Waals surface area (Å²) in [5.74, 6) is -5.67. The van der Waals surface area contributed by atoms with Crippen LogP contribution < -0.4 is 5.56 Å². The first-order chi connectivity index (χ1) is 9.40. The molecular weight excluding hydrogens is 299 g/mol. The van der Waals surface area contributed by atoms with E-state index in [0.29, 0.717) is 18.0 Å². The third-order valence-electron chi connectivity index (χ3n) is 2.09. The molecule has 0 spiro atoms. The fourth-order valence-corrected chi connectivity index (χ4v) is 1.97. The molecule has 0 aromatic carbocycles. The van der Waals surface area contributed by atoms with Crippen molar-refractivity contribution in [2.24, 2.45) is 0 Å². The van der Waals surface area contributed by atoms with Crippen LogP contribution in [0, 0.1) is 17.6 Å². The van der Waals surface area contributed by atoms with Gasteiger partial charge in [0.2, 0.25) is 5.95 Å². The number of pyridine rings is 1. The minimum atomic E-state index is -1.53. The second-order valence-corrected chi connectivity index (χ2v) is 4.38. The molecule has 2 rings (SSSR count). The summed E-state index contributed by atoms with van der Waals surface area (Å²) < 4.78 is 39.5. The Morgan fingerprint density at radius 1 is 1.25 bits per heavy atom. The Kier molecular flexibility index (Phi) is 3.74. The predicted molar refractivity (Wildman–Crippen MR) is 60.1 cm³/mol. The molecule has 0 amide bonds. The number of rotatable bonds is 3. The average molecular weight is 303 g/mol. The number of H-pyrrole nitrogens is 1. The third-order valence-corrected chi connectivity index (χ3v) is 3.07. The summed E-state index contributed by atoms with van der Waals surface area (Å²) in [4.78, 5) is 29.6. The van der Waals surface area contributed by atoms with Crippen LogP contribution in [0.2, 0.25) is 0 Å². The molecule has 2 N–H and O–H groups in total. The Morgan fingerprint density at radius 2 is 1.95 bits per heavy atom. The molecule has 0 aliphatic carbocycles. The molecule has 0 atom stereocenters. The molecule has 20 heavy (non-hydrogen) atoms. The maximum absolute atomic E-state index is 13.3. The van der Waals surface area contributed by atoms with Crippen LogP contribution in [0.1, 0.15) is 10.4 Å². The van der Waals surface area contributed by atoms with E-state index in [1.165, 1.54) is 0 Å². The van der Waals surface area contributed by atoms with E-state index in [4.69, 9.17) is 5.11 Å². The summed E-state index contributed by atoms with van der Waals surface area (Å²) in [6.45, 7) is 0. The molecule has 0 fully saturated rings. The molecule has 2 heterocycles. The van der Waals surface area contributed by atoms with Crippen molar-refractivity contribution in [1.29, 1.82) is 0 Å². The van der Waals surface area contributed by atoms with Gasteiger partial charge in [0.15, 0.2) is 16.8 Å². The van der Waals surface area contributed by atoms with E-state index in [0.717, 1.165) is 6.20 Å². The highest BCUT2D eigenvalue weighted by molar-refractivity contribution is 7.99. The highest BCUT2D eigenvalue weighted by Crippen LogP contribution is 2.29. The monoisotopic (exact) mass is 303 g/mol. The maximum Gasteiger partial charge on any atom is 0.342 e. The zero-order valence-electron chi connectivity index (χ0n) is 9.35. The Labute approximate surface area is 112 Å². The van der Waals surface area contributed by atoms with Crippen molar-refractivity contribution < 1.29 is 23.1 Å². The van der Waals surface area contributed by atoms with Gasteiger partial charge in [-0.25, -0.2) is 23.5 Å². The highest BCUT2D eigenvalue weighted by Gasteiger charge is 2.18. The Morgan fingerprint density at radius 3 is 2.55 bits per heavy atom. The molecule has 2 aromatic rings. The van der Waals surface area contributed by atoms with Gasteiger partial charge in [-0.2, -0.15) is 4.39 Å². The number of aromatic carboxylic acids is 1. The first-order valence-corrected chi connectivity index (χ1v) is 5.71. The lowest BCUT2D eigenvalue weighted by molar-refractivity contribution is 0.0694. The van der Waals surface area contributed by atoms with Crippen LogP contribution >= 0.6 is 11.8 Å². The van der Waals surface area contributed by atoms with E-state index in [1.807, 2.05) is 4.98 Å². The standard InChI is InChI=1S/C10H4F3N3O3S/c11-4-2-14-7(13)5(12)6(4)20-10-15-1-3(9(18)19)8(17)16-10/h1-2H,(H,18,19)(H,15,16,17). The largest absolute Gasteiger partial charge is 0.477 e. The average Bonchev–Trinajstić information content (AvgIpc) is 2.39. The first kappa shape index (κ1) is 14.1. The number of carbonyl (C=O) groups is 1. The van der Waals surface area contributed by atoms with Gasteiger partial charge in [-0.1, -0.05) is 0 Å². The van der Waals surface area contributed by atoms with E-state index in [9.17, 15) is 22.8 Å². The van der Waals surface area contributed by atoms with Crippen LogP contribution in [0.3, 0.4) is 0 Å². The van der Waals surface area contributed by atoms with Crippen LogP contribution in [-0.4, -0.2) is 26.0 Å². The smallest absolute Gasteiger partial charge is 0.342 e. The van der Waals surface area contributed by atoms with Gasteiger partial charge in [0.05, 0.1) is 11.1 Å². The van der Waals surface area contributed by atoms with Crippen molar-refractivity contribution in [2.75, 3.05) is 0 Å². The van der Waals surface area contributed by atoms with Gasteiger partial charge >= 0.3 is 5.97 Å². The van der Waals surface area contributed by atoms with Gasteiger partial charge in [-0.05, 0) is 11.8 Å². The van der Waals surface area contributed by atoms with Gasteiger partial charge < -0.3 is 10.1 Å². The predicted octanol–water partition coefficient (Wildman–Crippen LogP) is 1.43. The van der Waals surface area contributed by atoms with Crippen molar-refractivity contribution in [3.8, 4) is 0 Å². The van der Waals surface area contributed by atoms with Gasteiger partial charge in [0.1, 0.15) is 5.56 Å². The zero-order chi connectivity index (χ0) is 14.9. The second-order valence-electron chi connectivity index (χ2n) is 3.38. The number of hydrogen-bond acceptors (Lipinski definition) is 5. The lowest BCUT2D eigenvalue weighted by atomic mass is 10.3. The second kappa shape index (κ2) is 5.33. The number of aromatic nitrogens is 3. The normalized spacial score (nSPS) is 10.6. The molecule has 2 aromatic heterocycles. The number of halogens is 3. The lowest BCUT2D eigenvalue weighted by Crippen LogP contribution is -2.18. The summed E-state index contributed by atoms with van der Waals surface area (Å²) in [6.07, 6.45) is 1.21. The Bertz CT molecular complexity index is 750. The zero-order valence-corrected chi connectivity index (χ0v) is 10.2. The molecule has 0 saturated heterocycles. The van der Waals surface area contributed by atoms with E-state index in [-0.39, 0.29) is 5.16 Å². The molecule has 0 aliphatic rings. The van der Waals surface area contributed by atoms with Crippen molar-refractivity contribution in [1.82, 2.24) is 15.0 Å². The van der Waals surface area contributed by atoms with Crippen molar-refractivity contribution in [3.05, 3.63) is 45.9 Å². The molecule has 104 valence electrons. The summed E-state index contributed by atoms with van der Waals surface area (Å²) >= 11 is 0.300. The summed E-state index contributed by atoms with van der Waals surface area (Å²) in [7, 11) is 0. The molecule has 0 unspecified atom stereocenters. The van der Waals surface area contributed by atoms with Crippen LogP contribution in [-0.2, 0) is 0 Å². The lowest BCUT2D eigenvalue weighted by Gasteiger charge is -2.04. The Balaban J connectivity index is 2.41. The summed E-state index contributed by atoms with van der Waals surface area (Å²) in [6, 6.07) is 0. The van der Waals surface area contributed by atoms with Crippen LogP contribution in [0.5, 0.6) is 0 Å². The molecule has 10 heteroatoms. The van der Waals surface area contributed by atoms with Crippen molar-refractivity contribution in [2.45, 2.75) is 10.1 Å². The van der Waals surface area contributed by atoms with Crippen LogP contribution in [0.4, 0.5) is 13.2 Å². The molecule has 6 nitrogen and oxygen atoms in total. The van der Waals surface area contributed by atoms with E-state index in [1.54, 1.807) is 0 Å². The minimum Gasteiger partial charge on any atom is -0.477 e. The number of aromatic amines is 1. The van der Waals surface area contributed by atoms with Crippen molar-refractivity contribution >= 4 is 17.7 Å². The molecule has 0 bridgehead atoms. The van der Waals surface area contributed by atoms with Crippen molar-refractivity contribution in [3.63, 3.8) is 0 Å². The quantitative estimate of drug-likeness (QED) is 0.658. The number of nitrogens with one attached hydrogen (secondary N) is 1. The van der Waals surface area contributed by atoms with E-state index in [2.05, 4.69) is 9.97 Å². The first-order valence-electron chi connectivity index (χ1n) is 4.90. The maximum atomic E-state index is 13.3. The number of carboxylic acids is 1. The molecule has 0 radical (unpaired) electrons. The fourth-order valence-electron chi connectivity index (χ4n) is 1.20. The summed E-state index contributed by atoms with van der Waals surface area (Å²) in [5, 5.41) is 8.34. The van der Waals surface area contributed by atoms with Gasteiger partial charge in [0, 0.05) is 6.20 Å². The SMILES string of the molecule is O=C(O)c1cnc(Sc2c(F)cnc(F)c2F)[nH]c1=O. The topological polar surface area (TPSA) is 95.9 Å². The van der Waals surface area contributed by atoms with Gasteiger partial charge in [0.25, 0.3) is 5.56 Å². The van der Waals surface area contributed by atoms with E-state index < -0.39 is 39.6 Å². The van der Waals surface area contributed by atoms with Gasteiger partial charge in [-0.3, -0.25) is 4.79 Å². The number of hydrogen-bond donors (Lipinski definition) is 2. The Hall–Kier alpha value is -2.36.